The van der Waals surface area contributed by atoms with E-state index in [9.17, 15) is 4.79 Å². The molecule has 0 aliphatic heterocycles. The van der Waals surface area contributed by atoms with Crippen LogP contribution in [-0.4, -0.2) is 11.9 Å². The number of aryl methyl sites for hydroxylation is 1. The number of hydrogen-bond acceptors (Lipinski definition) is 2. The summed E-state index contributed by atoms with van der Waals surface area (Å²) in [6.07, 6.45) is 0. The second kappa shape index (κ2) is 4.33. The lowest BCUT2D eigenvalue weighted by Gasteiger charge is -2.13. The van der Waals surface area contributed by atoms with Gasteiger partial charge in [-0.05, 0) is 31.5 Å². The van der Waals surface area contributed by atoms with Crippen molar-refractivity contribution in [1.82, 2.24) is 0 Å². The minimum absolute atomic E-state index is 0.400. The molecule has 0 aliphatic rings. The van der Waals surface area contributed by atoms with Gasteiger partial charge in [0.15, 0.2) is 0 Å². The van der Waals surface area contributed by atoms with Crippen molar-refractivity contribution in [2.24, 2.45) is 5.73 Å². The molecule has 1 atom stereocenters. The smallest absolute Gasteiger partial charge is 0.239 e. The van der Waals surface area contributed by atoms with Crippen molar-refractivity contribution < 1.29 is 4.79 Å². The Morgan fingerprint density at radius 2 is 2.21 bits per heavy atom. The number of hydrogen-bond donors (Lipinski definition) is 2. The molecule has 1 aromatic rings. The summed E-state index contributed by atoms with van der Waals surface area (Å²) >= 11 is 5.93. The Morgan fingerprint density at radius 1 is 1.57 bits per heavy atom. The van der Waals surface area contributed by atoms with Gasteiger partial charge in [0.2, 0.25) is 5.91 Å². The zero-order valence-corrected chi connectivity index (χ0v) is 8.93. The fourth-order valence-corrected chi connectivity index (χ4v) is 1.23. The molecule has 0 saturated heterocycles. The zero-order chi connectivity index (χ0) is 10.7. The van der Waals surface area contributed by atoms with Gasteiger partial charge in [-0.3, -0.25) is 4.79 Å². The van der Waals surface area contributed by atoms with Crippen LogP contribution in [0.15, 0.2) is 18.2 Å². The summed E-state index contributed by atoms with van der Waals surface area (Å²) in [7, 11) is 0. The third-order valence-corrected chi connectivity index (χ3v) is 2.25. The van der Waals surface area contributed by atoms with Crippen molar-refractivity contribution in [2.75, 3.05) is 5.32 Å². The second-order valence-corrected chi connectivity index (χ2v) is 3.66. The van der Waals surface area contributed by atoms with Crippen molar-refractivity contribution in [1.29, 1.82) is 0 Å². The molecule has 0 bridgehead atoms. The third-order valence-electron chi connectivity index (χ3n) is 1.92. The number of halogens is 1. The van der Waals surface area contributed by atoms with Crippen molar-refractivity contribution in [2.45, 2.75) is 19.9 Å². The molecule has 1 aromatic carbocycles. The van der Waals surface area contributed by atoms with Crippen molar-refractivity contribution >= 4 is 23.2 Å². The number of anilines is 1. The minimum Gasteiger partial charge on any atom is -0.373 e. The molecule has 4 heteroatoms. The largest absolute Gasteiger partial charge is 0.373 e. The van der Waals surface area contributed by atoms with Gasteiger partial charge in [-0.1, -0.05) is 17.7 Å². The Hall–Kier alpha value is -1.22. The Morgan fingerprint density at radius 3 is 2.79 bits per heavy atom. The highest BCUT2D eigenvalue weighted by molar-refractivity contribution is 6.33. The maximum Gasteiger partial charge on any atom is 0.239 e. The number of primary amides is 1. The van der Waals surface area contributed by atoms with E-state index in [1.165, 1.54) is 0 Å². The molecule has 1 rings (SSSR count). The van der Waals surface area contributed by atoms with E-state index in [-0.39, 0.29) is 0 Å². The Labute approximate surface area is 88.2 Å². The van der Waals surface area contributed by atoms with Gasteiger partial charge in [0.05, 0.1) is 10.7 Å². The van der Waals surface area contributed by atoms with Gasteiger partial charge in [0.25, 0.3) is 0 Å². The minimum atomic E-state index is -0.422. The van der Waals surface area contributed by atoms with E-state index >= 15 is 0 Å². The van der Waals surface area contributed by atoms with Crippen LogP contribution in [0.3, 0.4) is 0 Å². The average molecular weight is 213 g/mol. The molecule has 1 unspecified atom stereocenters. The van der Waals surface area contributed by atoms with E-state index in [0.717, 1.165) is 11.3 Å². The van der Waals surface area contributed by atoms with Gasteiger partial charge < -0.3 is 11.1 Å². The first-order valence-corrected chi connectivity index (χ1v) is 4.70. The number of nitrogens with one attached hydrogen (secondary N) is 1. The maximum absolute atomic E-state index is 10.8. The number of carbonyl (C=O) groups excluding carboxylic acids is 1. The van der Waals surface area contributed by atoms with Crippen molar-refractivity contribution in [3.05, 3.63) is 28.8 Å². The number of nitrogens with two attached hydrogens (primary N) is 1. The van der Waals surface area contributed by atoms with Gasteiger partial charge in [-0.15, -0.1) is 0 Å². The Kier molecular flexibility index (Phi) is 3.36. The van der Waals surface area contributed by atoms with Crippen LogP contribution in [0.1, 0.15) is 12.5 Å². The molecule has 76 valence electrons. The molecule has 1 amide bonds. The molecule has 14 heavy (non-hydrogen) atoms. The topological polar surface area (TPSA) is 55.1 Å². The van der Waals surface area contributed by atoms with E-state index in [4.69, 9.17) is 17.3 Å². The number of amides is 1. The molecule has 0 fully saturated rings. The van der Waals surface area contributed by atoms with Gasteiger partial charge in [0, 0.05) is 0 Å². The quantitative estimate of drug-likeness (QED) is 0.805. The number of carbonyl (C=O) groups is 1. The molecule has 0 saturated carbocycles. The molecular weight excluding hydrogens is 200 g/mol. The van der Waals surface area contributed by atoms with Crippen LogP contribution in [-0.2, 0) is 4.79 Å². The average Bonchev–Trinajstić information content (AvgIpc) is 2.11. The van der Waals surface area contributed by atoms with Crippen LogP contribution >= 0.6 is 11.6 Å². The lowest BCUT2D eigenvalue weighted by atomic mass is 10.2. The predicted octanol–water partition coefficient (Wildman–Crippen LogP) is 1.93. The first-order chi connectivity index (χ1) is 6.50. The number of benzene rings is 1. The first kappa shape index (κ1) is 10.9. The molecule has 0 heterocycles. The molecule has 3 N–H and O–H groups in total. The van der Waals surface area contributed by atoms with Crippen molar-refractivity contribution in [3.8, 4) is 0 Å². The van der Waals surface area contributed by atoms with Crippen LogP contribution in [0.2, 0.25) is 5.02 Å². The van der Waals surface area contributed by atoms with E-state index in [2.05, 4.69) is 5.32 Å². The first-order valence-electron chi connectivity index (χ1n) is 4.32. The highest BCUT2D eigenvalue weighted by atomic mass is 35.5. The standard InChI is InChI=1S/C10H13ClN2O/c1-6-3-4-8(11)9(5-6)13-7(2)10(12)14/h3-5,7,13H,1-2H3,(H2,12,14). The van der Waals surface area contributed by atoms with Crippen LogP contribution < -0.4 is 11.1 Å². The summed E-state index contributed by atoms with van der Waals surface area (Å²) in [5.74, 6) is -0.400. The maximum atomic E-state index is 10.8. The molecular formula is C10H13ClN2O. The lowest BCUT2D eigenvalue weighted by molar-refractivity contribution is -0.118. The predicted molar refractivity (Wildman–Crippen MR) is 58.5 cm³/mol. The van der Waals surface area contributed by atoms with E-state index in [0.29, 0.717) is 5.02 Å². The highest BCUT2D eigenvalue weighted by Gasteiger charge is 2.09. The third kappa shape index (κ3) is 2.64. The second-order valence-electron chi connectivity index (χ2n) is 3.25. The van der Waals surface area contributed by atoms with Crippen LogP contribution in [0.25, 0.3) is 0 Å². The zero-order valence-electron chi connectivity index (χ0n) is 8.17. The number of rotatable bonds is 3. The summed E-state index contributed by atoms with van der Waals surface area (Å²) in [6, 6.07) is 5.14. The Bertz CT molecular complexity index is 352. The summed E-state index contributed by atoms with van der Waals surface area (Å²) in [5, 5.41) is 3.53. The van der Waals surface area contributed by atoms with Crippen LogP contribution in [0, 0.1) is 6.92 Å². The molecule has 0 aromatic heterocycles. The van der Waals surface area contributed by atoms with Crippen LogP contribution in [0.5, 0.6) is 0 Å². The summed E-state index contributed by atoms with van der Waals surface area (Å²) in [4.78, 5) is 10.8. The summed E-state index contributed by atoms with van der Waals surface area (Å²) in [5.41, 5.74) is 6.94. The molecule has 0 aliphatic carbocycles. The van der Waals surface area contributed by atoms with E-state index in [1.807, 2.05) is 19.1 Å². The highest BCUT2D eigenvalue weighted by Crippen LogP contribution is 2.23. The molecule has 0 spiro atoms. The monoisotopic (exact) mass is 212 g/mol. The van der Waals surface area contributed by atoms with Gasteiger partial charge >= 0.3 is 0 Å². The van der Waals surface area contributed by atoms with Gasteiger partial charge in [0.1, 0.15) is 6.04 Å². The summed E-state index contributed by atoms with van der Waals surface area (Å²) in [6.45, 7) is 3.65. The van der Waals surface area contributed by atoms with E-state index in [1.54, 1.807) is 13.0 Å². The fraction of sp³-hybridized carbons (Fsp3) is 0.300. The fourth-order valence-electron chi connectivity index (χ4n) is 1.05. The molecule has 3 nitrogen and oxygen atoms in total. The summed E-state index contributed by atoms with van der Waals surface area (Å²) < 4.78 is 0. The lowest BCUT2D eigenvalue weighted by Crippen LogP contribution is -2.32. The van der Waals surface area contributed by atoms with Crippen molar-refractivity contribution in [3.63, 3.8) is 0 Å². The Balaban J connectivity index is 2.85. The molecule has 0 radical (unpaired) electrons. The van der Waals surface area contributed by atoms with Crippen LogP contribution in [0.4, 0.5) is 5.69 Å². The normalized spacial score (nSPS) is 12.2. The van der Waals surface area contributed by atoms with Gasteiger partial charge in [-0.2, -0.15) is 0 Å². The SMILES string of the molecule is Cc1ccc(Cl)c(NC(C)C(N)=O)c1. The van der Waals surface area contributed by atoms with Gasteiger partial charge in [-0.25, -0.2) is 0 Å². The van der Waals surface area contributed by atoms with E-state index < -0.39 is 11.9 Å².